The van der Waals surface area contributed by atoms with Gasteiger partial charge in [-0.15, -0.1) is 0 Å². The Labute approximate surface area is 207 Å². The van der Waals surface area contributed by atoms with Crippen molar-refractivity contribution < 1.29 is 14.6 Å². The maximum atomic E-state index is 12.0. The molecular formula is C26H36N6O3. The van der Waals surface area contributed by atoms with Crippen molar-refractivity contribution in [3.8, 4) is 11.4 Å². The SMILES string of the molecule is COC(=O)[C@@H]1C[C@@H](O)CN1CCCN1CCc2cnc(-c3ccc(N4CCN(C)CC4)cc3)nc21. The number of rotatable bonds is 7. The maximum absolute atomic E-state index is 12.0. The monoisotopic (exact) mass is 480 g/mol. The molecule has 188 valence electrons. The van der Waals surface area contributed by atoms with Crippen LogP contribution in [0, 0.1) is 0 Å². The first-order valence-electron chi connectivity index (χ1n) is 12.7. The standard InChI is InChI=1S/C26H36N6O3/c1-29-12-14-30(15-13-29)21-6-4-19(5-7-21)24-27-17-20-8-11-31(25(20)28-24)9-3-10-32-18-22(33)16-23(32)26(34)35-2/h4-7,17,22-23,33H,3,8-16,18H2,1-2H3/t22-,23+/m1/s1. The fourth-order valence-electron chi connectivity index (χ4n) is 5.42. The highest BCUT2D eigenvalue weighted by molar-refractivity contribution is 5.76. The molecule has 0 spiro atoms. The number of likely N-dealkylation sites (tertiary alicyclic amines) is 1. The lowest BCUT2D eigenvalue weighted by atomic mass is 10.1. The third kappa shape index (κ3) is 5.27. The number of aliphatic hydroxyl groups excluding tert-OH is 1. The first kappa shape index (κ1) is 24.0. The number of carbonyl (C=O) groups excluding carboxylic acids is 1. The summed E-state index contributed by atoms with van der Waals surface area (Å²) < 4.78 is 4.92. The van der Waals surface area contributed by atoms with Crippen molar-refractivity contribution in [3.63, 3.8) is 0 Å². The van der Waals surface area contributed by atoms with E-state index in [9.17, 15) is 9.90 Å². The summed E-state index contributed by atoms with van der Waals surface area (Å²) in [5.74, 6) is 1.52. The number of fused-ring (bicyclic) bond motifs is 1. The van der Waals surface area contributed by atoms with Crippen LogP contribution in [-0.2, 0) is 16.0 Å². The minimum atomic E-state index is -0.468. The lowest BCUT2D eigenvalue weighted by Crippen LogP contribution is -2.44. The van der Waals surface area contributed by atoms with Crippen LogP contribution in [0.25, 0.3) is 11.4 Å². The zero-order valence-corrected chi connectivity index (χ0v) is 20.8. The molecule has 3 aliphatic rings. The highest BCUT2D eigenvalue weighted by Gasteiger charge is 2.36. The van der Waals surface area contributed by atoms with Crippen molar-refractivity contribution in [1.29, 1.82) is 0 Å². The van der Waals surface area contributed by atoms with Gasteiger partial charge in [-0.3, -0.25) is 9.69 Å². The molecule has 1 N–H and O–H groups in total. The minimum absolute atomic E-state index is 0.260. The molecule has 0 aliphatic carbocycles. The number of likely N-dealkylation sites (N-methyl/N-ethyl adjacent to an activating group) is 1. The highest BCUT2D eigenvalue weighted by Crippen LogP contribution is 2.29. The predicted molar refractivity (Wildman–Crippen MR) is 136 cm³/mol. The summed E-state index contributed by atoms with van der Waals surface area (Å²) in [5.41, 5.74) is 3.47. The van der Waals surface area contributed by atoms with Crippen LogP contribution in [0.15, 0.2) is 30.5 Å². The van der Waals surface area contributed by atoms with Crippen LogP contribution in [0.3, 0.4) is 0 Å². The van der Waals surface area contributed by atoms with Gasteiger partial charge in [-0.25, -0.2) is 9.97 Å². The van der Waals surface area contributed by atoms with E-state index >= 15 is 0 Å². The van der Waals surface area contributed by atoms with Crippen LogP contribution in [0.2, 0.25) is 0 Å². The van der Waals surface area contributed by atoms with E-state index in [1.165, 1.54) is 18.4 Å². The molecule has 2 atom stereocenters. The average molecular weight is 481 g/mol. The van der Waals surface area contributed by atoms with Gasteiger partial charge in [-0.2, -0.15) is 0 Å². The molecule has 35 heavy (non-hydrogen) atoms. The molecule has 2 fully saturated rings. The van der Waals surface area contributed by atoms with Crippen LogP contribution in [0.4, 0.5) is 11.5 Å². The quantitative estimate of drug-likeness (QED) is 0.589. The van der Waals surface area contributed by atoms with Crippen LogP contribution >= 0.6 is 0 Å². The Morgan fingerprint density at radius 2 is 1.89 bits per heavy atom. The number of benzene rings is 1. The second-order valence-electron chi connectivity index (χ2n) is 9.89. The van der Waals surface area contributed by atoms with Crippen molar-refractivity contribution in [2.24, 2.45) is 0 Å². The normalized spacial score (nSPS) is 23.1. The molecule has 9 heteroatoms. The third-order valence-corrected chi connectivity index (χ3v) is 7.51. The van der Waals surface area contributed by atoms with E-state index in [-0.39, 0.29) is 12.0 Å². The molecule has 0 amide bonds. The molecule has 1 aromatic carbocycles. The van der Waals surface area contributed by atoms with Gasteiger partial charge in [0, 0.05) is 81.8 Å². The fourth-order valence-corrected chi connectivity index (χ4v) is 5.42. The summed E-state index contributed by atoms with van der Waals surface area (Å²) in [6, 6.07) is 8.26. The van der Waals surface area contributed by atoms with E-state index in [1.807, 2.05) is 11.1 Å². The number of β-amino-alcohol motifs (C(OH)–C–C–N with tert-alkyl or cyclic N) is 1. The largest absolute Gasteiger partial charge is 0.468 e. The van der Waals surface area contributed by atoms with Gasteiger partial charge < -0.3 is 24.5 Å². The number of hydrogen-bond donors (Lipinski definition) is 1. The van der Waals surface area contributed by atoms with Gasteiger partial charge in [0.1, 0.15) is 11.9 Å². The molecule has 5 rings (SSSR count). The average Bonchev–Trinajstić information content (AvgIpc) is 3.46. The van der Waals surface area contributed by atoms with Crippen LogP contribution < -0.4 is 9.80 Å². The van der Waals surface area contributed by atoms with Gasteiger partial charge in [-0.1, -0.05) is 0 Å². The first-order valence-corrected chi connectivity index (χ1v) is 12.7. The van der Waals surface area contributed by atoms with Gasteiger partial charge in [-0.05, 0) is 44.2 Å². The smallest absolute Gasteiger partial charge is 0.323 e. The number of nitrogens with zero attached hydrogens (tertiary/aromatic N) is 6. The first-order chi connectivity index (χ1) is 17.0. The molecule has 4 heterocycles. The molecule has 2 saturated heterocycles. The van der Waals surface area contributed by atoms with E-state index in [0.717, 1.165) is 75.9 Å². The molecule has 3 aliphatic heterocycles. The van der Waals surface area contributed by atoms with Gasteiger partial charge >= 0.3 is 5.97 Å². The van der Waals surface area contributed by atoms with Gasteiger partial charge in [0.25, 0.3) is 0 Å². The van der Waals surface area contributed by atoms with Gasteiger partial charge in [0.15, 0.2) is 5.82 Å². The topological polar surface area (TPSA) is 85.3 Å². The zero-order valence-electron chi connectivity index (χ0n) is 20.8. The minimum Gasteiger partial charge on any atom is -0.468 e. The van der Waals surface area contributed by atoms with Crippen molar-refractivity contribution in [2.45, 2.75) is 31.4 Å². The molecule has 2 aromatic rings. The number of carbonyl (C=O) groups is 1. The predicted octanol–water partition coefficient (Wildman–Crippen LogP) is 1.26. The van der Waals surface area contributed by atoms with E-state index in [0.29, 0.717) is 13.0 Å². The summed E-state index contributed by atoms with van der Waals surface area (Å²) in [6.45, 7) is 7.33. The molecule has 0 unspecified atom stereocenters. The molecule has 9 nitrogen and oxygen atoms in total. The lowest BCUT2D eigenvalue weighted by Gasteiger charge is -2.34. The van der Waals surface area contributed by atoms with Gasteiger partial charge in [0.2, 0.25) is 0 Å². The number of piperazine rings is 1. The van der Waals surface area contributed by atoms with Crippen molar-refractivity contribution in [1.82, 2.24) is 19.8 Å². The highest BCUT2D eigenvalue weighted by atomic mass is 16.5. The van der Waals surface area contributed by atoms with E-state index in [1.54, 1.807) is 0 Å². The molecule has 0 bridgehead atoms. The third-order valence-electron chi connectivity index (χ3n) is 7.51. The number of methoxy groups -OCH3 is 1. The number of aromatic nitrogens is 2. The second-order valence-corrected chi connectivity index (χ2v) is 9.89. The van der Waals surface area contributed by atoms with Crippen LogP contribution in [0.1, 0.15) is 18.4 Å². The summed E-state index contributed by atoms with van der Waals surface area (Å²) >= 11 is 0. The summed E-state index contributed by atoms with van der Waals surface area (Å²) in [4.78, 5) is 30.8. The second kappa shape index (κ2) is 10.5. The molecular weight excluding hydrogens is 444 g/mol. The van der Waals surface area contributed by atoms with Crippen molar-refractivity contribution >= 4 is 17.5 Å². The Kier molecular flexibility index (Phi) is 7.17. The van der Waals surface area contributed by atoms with Crippen molar-refractivity contribution in [2.75, 3.05) is 76.3 Å². The number of hydrogen-bond acceptors (Lipinski definition) is 9. The van der Waals surface area contributed by atoms with Crippen molar-refractivity contribution in [3.05, 3.63) is 36.0 Å². The van der Waals surface area contributed by atoms with Gasteiger partial charge in [0.05, 0.1) is 13.2 Å². The number of esters is 1. The summed E-state index contributed by atoms with van der Waals surface area (Å²) in [6.07, 6.45) is 3.79. The number of anilines is 2. The number of aliphatic hydroxyl groups is 1. The molecule has 0 saturated carbocycles. The Morgan fingerprint density at radius 1 is 1.11 bits per heavy atom. The summed E-state index contributed by atoms with van der Waals surface area (Å²) in [7, 11) is 3.58. The van der Waals surface area contributed by atoms with E-state index < -0.39 is 6.10 Å². The van der Waals surface area contributed by atoms with E-state index in [4.69, 9.17) is 9.72 Å². The van der Waals surface area contributed by atoms with Crippen LogP contribution in [0.5, 0.6) is 0 Å². The lowest BCUT2D eigenvalue weighted by molar-refractivity contribution is -0.145. The Hall–Kier alpha value is -2.75. The Bertz CT molecular complexity index is 1020. The fraction of sp³-hybridized carbons (Fsp3) is 0.577. The Morgan fingerprint density at radius 3 is 2.63 bits per heavy atom. The van der Waals surface area contributed by atoms with E-state index in [2.05, 4.69) is 51.0 Å². The zero-order chi connectivity index (χ0) is 24.4. The number of ether oxygens (including phenoxy) is 1. The summed E-state index contributed by atoms with van der Waals surface area (Å²) in [5, 5.41) is 10.0. The molecule has 0 radical (unpaired) electrons. The molecule has 1 aromatic heterocycles. The maximum Gasteiger partial charge on any atom is 0.323 e. The Balaban J connectivity index is 1.21. The van der Waals surface area contributed by atoms with Crippen LogP contribution in [-0.4, -0.2) is 110 Å².